The normalized spacial score (nSPS) is 20.7. The molecule has 0 radical (unpaired) electrons. The number of hydrogen-bond acceptors (Lipinski definition) is 3. The molecule has 0 spiro atoms. The molecule has 2 nitrogen and oxygen atoms in total. The van der Waals surface area contributed by atoms with Crippen molar-refractivity contribution in [2.45, 2.75) is 30.5 Å². The van der Waals surface area contributed by atoms with Crippen molar-refractivity contribution in [3.05, 3.63) is 29.8 Å². The smallest absolute Gasteiger partial charge is 0.376 e. The number of thioether (sulfide) groups is 1. The molecule has 0 aromatic heterocycles. The molecule has 1 aromatic carbocycles. The molecular formula is C15H20F3NOS. The third kappa shape index (κ3) is 5.20. The first-order chi connectivity index (χ1) is 9.97. The summed E-state index contributed by atoms with van der Waals surface area (Å²) in [5, 5.41) is 0. The maximum Gasteiger partial charge on any atom is 0.417 e. The Labute approximate surface area is 127 Å². The number of benzene rings is 1. The number of hydrogen-bond donors (Lipinski definition) is 0. The van der Waals surface area contributed by atoms with Crippen LogP contribution in [-0.2, 0) is 10.9 Å². The van der Waals surface area contributed by atoms with Gasteiger partial charge in [-0.3, -0.25) is 4.90 Å². The summed E-state index contributed by atoms with van der Waals surface area (Å²) >= 11 is 1.29. The standard InChI is InChI=1S/C15H20F3NOS/c1-12-11-19(8-9-20-12)7-4-10-21-14-6-3-2-5-13(14)15(16,17)18/h2-3,5-6,12H,4,7-11H2,1H3. The second-order valence-corrected chi connectivity index (χ2v) is 6.31. The zero-order valence-electron chi connectivity index (χ0n) is 12.0. The van der Waals surface area contributed by atoms with E-state index in [9.17, 15) is 13.2 Å². The molecule has 0 aliphatic carbocycles. The fraction of sp³-hybridized carbons (Fsp3) is 0.600. The minimum absolute atomic E-state index is 0.248. The highest BCUT2D eigenvalue weighted by Crippen LogP contribution is 2.36. The van der Waals surface area contributed by atoms with Gasteiger partial charge >= 0.3 is 6.18 Å². The summed E-state index contributed by atoms with van der Waals surface area (Å²) in [4.78, 5) is 2.63. The third-order valence-electron chi connectivity index (χ3n) is 3.39. The molecule has 1 atom stereocenters. The van der Waals surface area contributed by atoms with Crippen LogP contribution in [0.2, 0.25) is 0 Å². The van der Waals surface area contributed by atoms with Crippen LogP contribution in [0, 0.1) is 0 Å². The Morgan fingerprint density at radius 1 is 1.33 bits per heavy atom. The summed E-state index contributed by atoms with van der Waals surface area (Å²) < 4.78 is 44.0. The van der Waals surface area contributed by atoms with Crippen LogP contribution >= 0.6 is 11.8 Å². The van der Waals surface area contributed by atoms with Gasteiger partial charge in [0.05, 0.1) is 18.3 Å². The Morgan fingerprint density at radius 2 is 2.10 bits per heavy atom. The van der Waals surface area contributed by atoms with Gasteiger partial charge in [0.2, 0.25) is 0 Å². The molecule has 6 heteroatoms. The van der Waals surface area contributed by atoms with Gasteiger partial charge in [0.15, 0.2) is 0 Å². The fourth-order valence-corrected chi connectivity index (χ4v) is 3.40. The zero-order valence-corrected chi connectivity index (χ0v) is 12.8. The van der Waals surface area contributed by atoms with E-state index in [1.165, 1.54) is 17.8 Å². The van der Waals surface area contributed by atoms with Crippen LogP contribution < -0.4 is 0 Å². The Hall–Kier alpha value is -0.720. The van der Waals surface area contributed by atoms with Gasteiger partial charge in [-0.15, -0.1) is 11.8 Å². The lowest BCUT2D eigenvalue weighted by Crippen LogP contribution is -2.41. The SMILES string of the molecule is CC1CN(CCCSc2ccccc2C(F)(F)F)CCO1. The second kappa shape index (κ2) is 7.51. The molecule has 1 aromatic rings. The number of nitrogens with zero attached hydrogens (tertiary/aromatic N) is 1. The van der Waals surface area contributed by atoms with Gasteiger partial charge in [-0.1, -0.05) is 12.1 Å². The predicted molar refractivity (Wildman–Crippen MR) is 78.6 cm³/mol. The van der Waals surface area contributed by atoms with Gasteiger partial charge < -0.3 is 4.74 Å². The zero-order chi connectivity index (χ0) is 15.3. The number of alkyl halides is 3. The van der Waals surface area contributed by atoms with Crippen LogP contribution in [0.3, 0.4) is 0 Å². The molecule has 1 heterocycles. The summed E-state index contributed by atoms with van der Waals surface area (Å²) in [5.74, 6) is 0.693. The summed E-state index contributed by atoms with van der Waals surface area (Å²) in [6.07, 6.45) is -3.15. The fourth-order valence-electron chi connectivity index (χ4n) is 2.39. The molecule has 0 amide bonds. The molecule has 1 saturated heterocycles. The molecule has 1 fully saturated rings. The lowest BCUT2D eigenvalue weighted by Gasteiger charge is -2.30. The van der Waals surface area contributed by atoms with E-state index in [0.717, 1.165) is 38.7 Å². The van der Waals surface area contributed by atoms with E-state index in [0.29, 0.717) is 10.6 Å². The molecule has 0 N–H and O–H groups in total. The van der Waals surface area contributed by atoms with Gasteiger partial charge in [0, 0.05) is 18.0 Å². The molecule has 1 unspecified atom stereocenters. The molecule has 0 saturated carbocycles. The van der Waals surface area contributed by atoms with E-state index in [2.05, 4.69) is 4.90 Å². The molecule has 1 aliphatic heterocycles. The Balaban J connectivity index is 1.79. The quantitative estimate of drug-likeness (QED) is 0.603. The highest BCUT2D eigenvalue weighted by Gasteiger charge is 2.33. The van der Waals surface area contributed by atoms with Gasteiger partial charge in [0.1, 0.15) is 0 Å². The molecule has 2 rings (SSSR count). The van der Waals surface area contributed by atoms with E-state index in [1.54, 1.807) is 12.1 Å². The first-order valence-electron chi connectivity index (χ1n) is 7.10. The number of halogens is 3. The Kier molecular flexibility index (Phi) is 5.96. The third-order valence-corrected chi connectivity index (χ3v) is 4.55. The van der Waals surface area contributed by atoms with Crippen LogP contribution in [0.4, 0.5) is 13.2 Å². The van der Waals surface area contributed by atoms with Crippen LogP contribution in [0.15, 0.2) is 29.2 Å². The number of morpholine rings is 1. The van der Waals surface area contributed by atoms with Crippen LogP contribution in [0.5, 0.6) is 0 Å². The van der Waals surface area contributed by atoms with Crippen molar-refractivity contribution in [3.8, 4) is 0 Å². The van der Waals surface area contributed by atoms with E-state index in [1.807, 2.05) is 6.92 Å². The summed E-state index contributed by atoms with van der Waals surface area (Å²) in [5.41, 5.74) is -0.532. The maximum absolute atomic E-state index is 12.9. The maximum atomic E-state index is 12.9. The van der Waals surface area contributed by atoms with E-state index in [-0.39, 0.29) is 6.10 Å². The number of rotatable bonds is 5. The Morgan fingerprint density at radius 3 is 2.81 bits per heavy atom. The molecule has 21 heavy (non-hydrogen) atoms. The number of ether oxygens (including phenoxy) is 1. The van der Waals surface area contributed by atoms with Crippen LogP contribution in [0.25, 0.3) is 0 Å². The summed E-state index contributed by atoms with van der Waals surface area (Å²) in [6.45, 7) is 5.51. The van der Waals surface area contributed by atoms with Gasteiger partial charge in [-0.2, -0.15) is 13.2 Å². The molecule has 118 valence electrons. The highest BCUT2D eigenvalue weighted by atomic mass is 32.2. The summed E-state index contributed by atoms with van der Waals surface area (Å²) in [6, 6.07) is 5.78. The first kappa shape index (κ1) is 16.6. The Bertz CT molecular complexity index is 453. The van der Waals surface area contributed by atoms with E-state index >= 15 is 0 Å². The van der Waals surface area contributed by atoms with Crippen LogP contribution in [0.1, 0.15) is 18.9 Å². The van der Waals surface area contributed by atoms with Crippen molar-refractivity contribution in [2.75, 3.05) is 32.0 Å². The van der Waals surface area contributed by atoms with Crippen molar-refractivity contribution >= 4 is 11.8 Å². The average molecular weight is 319 g/mol. The van der Waals surface area contributed by atoms with E-state index in [4.69, 9.17) is 4.74 Å². The monoisotopic (exact) mass is 319 g/mol. The second-order valence-electron chi connectivity index (χ2n) is 5.18. The van der Waals surface area contributed by atoms with Gasteiger partial charge in [-0.05, 0) is 37.8 Å². The molecule has 1 aliphatic rings. The lowest BCUT2D eigenvalue weighted by atomic mass is 10.2. The van der Waals surface area contributed by atoms with Gasteiger partial charge in [-0.25, -0.2) is 0 Å². The summed E-state index contributed by atoms with van der Waals surface area (Å²) in [7, 11) is 0. The molecule has 0 bridgehead atoms. The lowest BCUT2D eigenvalue weighted by molar-refractivity contribution is -0.139. The van der Waals surface area contributed by atoms with Gasteiger partial charge in [0.25, 0.3) is 0 Å². The minimum Gasteiger partial charge on any atom is -0.376 e. The van der Waals surface area contributed by atoms with Crippen molar-refractivity contribution in [1.82, 2.24) is 4.90 Å². The highest BCUT2D eigenvalue weighted by molar-refractivity contribution is 7.99. The first-order valence-corrected chi connectivity index (χ1v) is 8.08. The van der Waals surface area contributed by atoms with Crippen molar-refractivity contribution in [3.63, 3.8) is 0 Å². The van der Waals surface area contributed by atoms with E-state index < -0.39 is 11.7 Å². The van der Waals surface area contributed by atoms with Crippen molar-refractivity contribution in [2.24, 2.45) is 0 Å². The van der Waals surface area contributed by atoms with Crippen molar-refractivity contribution in [1.29, 1.82) is 0 Å². The topological polar surface area (TPSA) is 12.5 Å². The van der Waals surface area contributed by atoms with Crippen molar-refractivity contribution < 1.29 is 17.9 Å². The predicted octanol–water partition coefficient (Wildman–Crippen LogP) is 3.91. The minimum atomic E-state index is -4.27. The largest absolute Gasteiger partial charge is 0.417 e. The average Bonchev–Trinajstić information content (AvgIpc) is 2.43. The van der Waals surface area contributed by atoms with Crippen LogP contribution in [-0.4, -0.2) is 43.0 Å². The molecular weight excluding hydrogens is 299 g/mol.